The number of carbonyl (C=O) groups excluding carboxylic acids is 1. The van der Waals surface area contributed by atoms with E-state index >= 15 is 0 Å². The van der Waals surface area contributed by atoms with Crippen LogP contribution in [0.5, 0.6) is 0 Å². The molecule has 0 saturated carbocycles. The fraction of sp³-hybridized carbons (Fsp3) is 0.438. The molecule has 1 aliphatic rings. The van der Waals surface area contributed by atoms with Gasteiger partial charge in [0.1, 0.15) is 5.69 Å². The van der Waals surface area contributed by atoms with E-state index in [0.29, 0.717) is 25.4 Å². The molecule has 0 radical (unpaired) electrons. The Balaban J connectivity index is 1.93. The predicted molar refractivity (Wildman–Crippen MR) is 84.2 cm³/mol. The van der Waals surface area contributed by atoms with Gasteiger partial charge in [0.15, 0.2) is 0 Å². The van der Waals surface area contributed by atoms with Gasteiger partial charge >= 0.3 is 0 Å². The molecule has 0 bridgehead atoms. The van der Waals surface area contributed by atoms with E-state index in [0.717, 1.165) is 11.3 Å². The molecule has 3 heterocycles. The summed E-state index contributed by atoms with van der Waals surface area (Å²) in [5, 5.41) is 4.49. The SMILES string of the molecule is COCC1CN(C(=O)c2cccc(=O)n2C)Cc2cn(C)nc21. The Bertz CT molecular complexity index is 793. The average Bonchev–Trinajstić information content (AvgIpc) is 2.90. The molecule has 1 aliphatic heterocycles. The predicted octanol–water partition coefficient (Wildman–Crippen LogP) is 0.505. The monoisotopic (exact) mass is 316 g/mol. The number of rotatable bonds is 3. The third kappa shape index (κ3) is 2.79. The van der Waals surface area contributed by atoms with E-state index in [1.54, 1.807) is 35.9 Å². The summed E-state index contributed by atoms with van der Waals surface area (Å²) in [6.45, 7) is 1.52. The van der Waals surface area contributed by atoms with E-state index in [1.807, 2.05) is 13.2 Å². The molecule has 0 saturated heterocycles. The zero-order valence-corrected chi connectivity index (χ0v) is 13.5. The van der Waals surface area contributed by atoms with E-state index in [9.17, 15) is 9.59 Å². The van der Waals surface area contributed by atoms with E-state index in [-0.39, 0.29) is 17.4 Å². The molecule has 2 aromatic rings. The van der Waals surface area contributed by atoms with Crippen LogP contribution in [0.15, 0.2) is 29.2 Å². The minimum absolute atomic E-state index is 0.0367. The van der Waals surface area contributed by atoms with Gasteiger partial charge in [0.05, 0.1) is 12.3 Å². The Morgan fingerprint density at radius 1 is 1.39 bits per heavy atom. The number of aromatic nitrogens is 3. The number of hydrogen-bond acceptors (Lipinski definition) is 4. The largest absolute Gasteiger partial charge is 0.384 e. The van der Waals surface area contributed by atoms with Crippen LogP contribution in [0, 0.1) is 0 Å². The van der Waals surface area contributed by atoms with Crippen molar-refractivity contribution in [3.8, 4) is 0 Å². The van der Waals surface area contributed by atoms with Crippen molar-refractivity contribution in [1.29, 1.82) is 0 Å². The zero-order valence-electron chi connectivity index (χ0n) is 13.5. The van der Waals surface area contributed by atoms with Crippen molar-refractivity contribution in [2.45, 2.75) is 12.5 Å². The second-order valence-electron chi connectivity index (χ2n) is 5.86. The van der Waals surface area contributed by atoms with Crippen molar-refractivity contribution >= 4 is 5.91 Å². The van der Waals surface area contributed by atoms with Gasteiger partial charge in [0.2, 0.25) is 0 Å². The second-order valence-corrected chi connectivity index (χ2v) is 5.86. The molecule has 1 amide bonds. The quantitative estimate of drug-likeness (QED) is 0.827. The molecule has 122 valence electrons. The van der Waals surface area contributed by atoms with Gasteiger partial charge in [-0.1, -0.05) is 6.07 Å². The van der Waals surface area contributed by atoms with Crippen molar-refractivity contribution in [3.05, 3.63) is 51.7 Å². The van der Waals surface area contributed by atoms with Crippen LogP contribution in [0.25, 0.3) is 0 Å². The van der Waals surface area contributed by atoms with Gasteiger partial charge in [0.25, 0.3) is 11.5 Å². The normalized spacial score (nSPS) is 17.2. The molecule has 7 heteroatoms. The van der Waals surface area contributed by atoms with Gasteiger partial charge in [-0.3, -0.25) is 14.3 Å². The van der Waals surface area contributed by atoms with Crippen LogP contribution < -0.4 is 5.56 Å². The highest BCUT2D eigenvalue weighted by molar-refractivity contribution is 5.92. The maximum absolute atomic E-state index is 12.8. The van der Waals surface area contributed by atoms with Crippen LogP contribution in [0.1, 0.15) is 27.7 Å². The van der Waals surface area contributed by atoms with E-state index in [2.05, 4.69) is 5.10 Å². The molecule has 0 N–H and O–H groups in total. The number of methoxy groups -OCH3 is 1. The molecule has 0 fully saturated rings. The maximum Gasteiger partial charge on any atom is 0.270 e. The van der Waals surface area contributed by atoms with E-state index in [4.69, 9.17) is 4.74 Å². The van der Waals surface area contributed by atoms with Gasteiger partial charge in [-0.15, -0.1) is 0 Å². The van der Waals surface area contributed by atoms with E-state index in [1.165, 1.54) is 10.6 Å². The van der Waals surface area contributed by atoms with Crippen molar-refractivity contribution in [2.75, 3.05) is 20.3 Å². The molecule has 0 aromatic carbocycles. The van der Waals surface area contributed by atoms with Crippen LogP contribution >= 0.6 is 0 Å². The Labute approximate surface area is 134 Å². The summed E-state index contributed by atoms with van der Waals surface area (Å²) in [7, 11) is 5.13. The molecular formula is C16H20N4O3. The number of amides is 1. The van der Waals surface area contributed by atoms with Gasteiger partial charge in [-0.25, -0.2) is 0 Å². The Hall–Kier alpha value is -2.41. The minimum atomic E-state index is -0.191. The lowest BCUT2D eigenvalue weighted by Gasteiger charge is -2.32. The van der Waals surface area contributed by atoms with Crippen LogP contribution in [-0.2, 0) is 25.4 Å². The average molecular weight is 316 g/mol. The van der Waals surface area contributed by atoms with Crippen molar-refractivity contribution < 1.29 is 9.53 Å². The summed E-state index contributed by atoms with van der Waals surface area (Å²) in [5.74, 6) is -0.115. The topological polar surface area (TPSA) is 69.4 Å². The Kier molecular flexibility index (Phi) is 4.04. The number of ether oxygens (including phenoxy) is 1. The first kappa shape index (κ1) is 15.5. The van der Waals surface area contributed by atoms with Crippen LogP contribution in [0.3, 0.4) is 0 Å². The third-order valence-corrected chi connectivity index (χ3v) is 4.18. The lowest BCUT2D eigenvalue weighted by atomic mass is 9.97. The van der Waals surface area contributed by atoms with Crippen LogP contribution in [-0.4, -0.2) is 45.4 Å². The summed E-state index contributed by atoms with van der Waals surface area (Å²) in [5.41, 5.74) is 2.21. The van der Waals surface area contributed by atoms with Crippen LogP contribution in [0.2, 0.25) is 0 Å². The molecule has 23 heavy (non-hydrogen) atoms. The Morgan fingerprint density at radius 3 is 2.91 bits per heavy atom. The first-order chi connectivity index (χ1) is 11.0. The van der Waals surface area contributed by atoms with Gasteiger partial charge in [-0.2, -0.15) is 5.10 Å². The number of aryl methyl sites for hydroxylation is 1. The number of hydrogen-bond donors (Lipinski definition) is 0. The molecule has 7 nitrogen and oxygen atoms in total. The fourth-order valence-electron chi connectivity index (χ4n) is 3.07. The third-order valence-electron chi connectivity index (χ3n) is 4.18. The second kappa shape index (κ2) is 6.00. The Morgan fingerprint density at radius 2 is 2.17 bits per heavy atom. The molecule has 1 unspecified atom stereocenters. The van der Waals surface area contributed by atoms with Gasteiger partial charge in [0, 0.05) is 58.0 Å². The number of fused-ring (bicyclic) bond motifs is 1. The standard InChI is InChI=1S/C16H20N4O3/c1-18-7-11-8-20(9-12(10-23-3)15(11)17-18)16(22)13-5-4-6-14(21)19(13)2/h4-7,12H,8-10H2,1-3H3. The number of carbonyl (C=O) groups is 1. The molecule has 0 aliphatic carbocycles. The fourth-order valence-corrected chi connectivity index (χ4v) is 3.07. The minimum Gasteiger partial charge on any atom is -0.384 e. The van der Waals surface area contributed by atoms with Crippen molar-refractivity contribution in [2.24, 2.45) is 14.1 Å². The smallest absolute Gasteiger partial charge is 0.270 e. The summed E-state index contributed by atoms with van der Waals surface area (Å²) in [4.78, 5) is 26.3. The molecule has 2 aromatic heterocycles. The molecule has 0 spiro atoms. The maximum atomic E-state index is 12.8. The zero-order chi connectivity index (χ0) is 16.6. The molecule has 1 atom stereocenters. The first-order valence-corrected chi connectivity index (χ1v) is 7.48. The van der Waals surface area contributed by atoms with Gasteiger partial charge < -0.3 is 14.2 Å². The summed E-state index contributed by atoms with van der Waals surface area (Å²) >= 11 is 0. The highest BCUT2D eigenvalue weighted by Crippen LogP contribution is 2.28. The van der Waals surface area contributed by atoms with E-state index < -0.39 is 0 Å². The number of pyridine rings is 1. The summed E-state index contributed by atoms with van der Waals surface area (Å²) < 4.78 is 8.43. The lowest BCUT2D eigenvalue weighted by molar-refractivity contribution is 0.0668. The van der Waals surface area contributed by atoms with Gasteiger partial charge in [-0.05, 0) is 6.07 Å². The highest BCUT2D eigenvalue weighted by Gasteiger charge is 2.31. The number of nitrogens with zero attached hydrogens (tertiary/aromatic N) is 4. The first-order valence-electron chi connectivity index (χ1n) is 7.48. The van der Waals surface area contributed by atoms with Crippen molar-refractivity contribution in [1.82, 2.24) is 19.2 Å². The lowest BCUT2D eigenvalue weighted by Crippen LogP contribution is -2.41. The highest BCUT2D eigenvalue weighted by atomic mass is 16.5. The summed E-state index contributed by atoms with van der Waals surface area (Å²) in [6.07, 6.45) is 1.93. The summed E-state index contributed by atoms with van der Waals surface area (Å²) in [6, 6.07) is 4.73. The molecule has 3 rings (SSSR count). The van der Waals surface area contributed by atoms with Crippen molar-refractivity contribution in [3.63, 3.8) is 0 Å². The van der Waals surface area contributed by atoms with Crippen LogP contribution in [0.4, 0.5) is 0 Å². The molecular weight excluding hydrogens is 296 g/mol.